The average molecular weight is 355 g/mol. The molecule has 4 rings (SSSR count). The standard InChI is InChI=1S/C21H26FN3O/c22-19-7-2-1-6-18(19)9-8-17-5-3-13-24(15-17)20(26)21(10-11-21)16-25-14-4-12-23-25/h1-2,4,6-7,12,14,17H,3,5,8-11,13,15-16H2/t17-/m1/s1. The lowest BCUT2D eigenvalue weighted by molar-refractivity contribution is -0.139. The largest absolute Gasteiger partial charge is 0.342 e. The minimum atomic E-state index is -0.237. The molecule has 1 aliphatic heterocycles. The Morgan fingerprint density at radius 3 is 2.85 bits per heavy atom. The quantitative estimate of drug-likeness (QED) is 0.793. The number of carbonyl (C=O) groups excluding carboxylic acids is 1. The van der Waals surface area contributed by atoms with Crippen LogP contribution in [0.3, 0.4) is 0 Å². The van der Waals surface area contributed by atoms with Gasteiger partial charge in [0.2, 0.25) is 5.91 Å². The van der Waals surface area contributed by atoms with E-state index in [4.69, 9.17) is 0 Å². The molecule has 2 fully saturated rings. The van der Waals surface area contributed by atoms with Crippen molar-refractivity contribution in [1.29, 1.82) is 0 Å². The fraction of sp³-hybridized carbons (Fsp3) is 0.524. The Hall–Kier alpha value is -2.17. The van der Waals surface area contributed by atoms with E-state index in [2.05, 4.69) is 10.00 Å². The number of carbonyl (C=O) groups is 1. The zero-order valence-electron chi connectivity index (χ0n) is 15.1. The first kappa shape index (κ1) is 17.3. The van der Waals surface area contributed by atoms with Crippen molar-refractivity contribution in [3.8, 4) is 0 Å². The van der Waals surface area contributed by atoms with E-state index in [1.807, 2.05) is 29.1 Å². The zero-order valence-corrected chi connectivity index (χ0v) is 15.1. The number of hydrogen-bond acceptors (Lipinski definition) is 2. The van der Waals surface area contributed by atoms with Gasteiger partial charge in [-0.2, -0.15) is 5.10 Å². The van der Waals surface area contributed by atoms with Crippen molar-refractivity contribution in [1.82, 2.24) is 14.7 Å². The minimum absolute atomic E-state index is 0.118. The molecule has 2 heterocycles. The van der Waals surface area contributed by atoms with Gasteiger partial charge in [0.25, 0.3) is 0 Å². The molecule has 0 spiro atoms. The van der Waals surface area contributed by atoms with Crippen molar-refractivity contribution in [3.05, 3.63) is 54.1 Å². The molecule has 1 amide bonds. The van der Waals surface area contributed by atoms with Gasteiger partial charge in [0.05, 0.1) is 12.0 Å². The second-order valence-corrected chi connectivity index (χ2v) is 7.87. The van der Waals surface area contributed by atoms with Crippen LogP contribution < -0.4 is 0 Å². The highest BCUT2D eigenvalue weighted by Gasteiger charge is 2.52. The van der Waals surface area contributed by atoms with Gasteiger partial charge < -0.3 is 4.90 Å². The van der Waals surface area contributed by atoms with Crippen LogP contribution in [-0.4, -0.2) is 33.7 Å². The molecule has 2 aliphatic rings. The Bertz CT molecular complexity index is 754. The molecular weight excluding hydrogens is 329 g/mol. The van der Waals surface area contributed by atoms with Crippen molar-refractivity contribution < 1.29 is 9.18 Å². The van der Waals surface area contributed by atoms with Crippen molar-refractivity contribution in [2.75, 3.05) is 13.1 Å². The third-order valence-electron chi connectivity index (χ3n) is 5.92. The van der Waals surface area contributed by atoms with Crippen molar-refractivity contribution in [2.24, 2.45) is 11.3 Å². The summed E-state index contributed by atoms with van der Waals surface area (Å²) in [4.78, 5) is 15.2. The van der Waals surface area contributed by atoms with Gasteiger partial charge in [-0.3, -0.25) is 9.48 Å². The number of aryl methyl sites for hydroxylation is 1. The number of piperidine rings is 1. The third kappa shape index (κ3) is 3.67. The number of amides is 1. The average Bonchev–Trinajstić information content (AvgIpc) is 3.26. The molecule has 4 nitrogen and oxygen atoms in total. The van der Waals surface area contributed by atoms with Crippen LogP contribution >= 0.6 is 0 Å². The van der Waals surface area contributed by atoms with Gasteiger partial charge in [-0.1, -0.05) is 18.2 Å². The van der Waals surface area contributed by atoms with Crippen LogP contribution in [0.25, 0.3) is 0 Å². The second-order valence-electron chi connectivity index (χ2n) is 7.87. The molecular formula is C21H26FN3O. The molecule has 2 aromatic rings. The highest BCUT2D eigenvalue weighted by atomic mass is 19.1. The SMILES string of the molecule is O=C(N1CCC[C@H](CCc2ccccc2F)C1)C1(Cn2cccn2)CC1. The van der Waals surface area contributed by atoms with Crippen LogP contribution in [0.5, 0.6) is 0 Å². The van der Waals surface area contributed by atoms with E-state index in [1.165, 1.54) is 6.07 Å². The first-order valence-corrected chi connectivity index (χ1v) is 9.66. The molecule has 1 aromatic heterocycles. The predicted octanol–water partition coefficient (Wildman–Crippen LogP) is 3.67. The molecule has 0 radical (unpaired) electrons. The van der Waals surface area contributed by atoms with Crippen LogP contribution in [-0.2, 0) is 17.8 Å². The fourth-order valence-electron chi connectivity index (χ4n) is 4.18. The molecule has 26 heavy (non-hydrogen) atoms. The summed E-state index contributed by atoms with van der Waals surface area (Å²) in [5, 5.41) is 4.27. The Morgan fingerprint density at radius 1 is 1.27 bits per heavy atom. The van der Waals surface area contributed by atoms with Crippen LogP contribution in [0.4, 0.5) is 4.39 Å². The molecule has 138 valence electrons. The molecule has 1 atom stereocenters. The lowest BCUT2D eigenvalue weighted by Gasteiger charge is -2.35. The number of likely N-dealkylation sites (tertiary alicyclic amines) is 1. The Balaban J connectivity index is 1.34. The second kappa shape index (κ2) is 7.22. The van der Waals surface area contributed by atoms with E-state index < -0.39 is 0 Å². The number of nitrogens with zero attached hydrogens (tertiary/aromatic N) is 3. The summed E-state index contributed by atoms with van der Waals surface area (Å²) in [5.41, 5.74) is 0.549. The Morgan fingerprint density at radius 2 is 2.12 bits per heavy atom. The number of halogens is 1. The Kier molecular flexibility index (Phi) is 4.79. The smallest absolute Gasteiger partial charge is 0.230 e. The number of rotatable bonds is 6. The van der Waals surface area contributed by atoms with E-state index in [-0.39, 0.29) is 11.2 Å². The summed E-state index contributed by atoms with van der Waals surface area (Å²) in [7, 11) is 0. The van der Waals surface area contributed by atoms with Gasteiger partial charge in [-0.25, -0.2) is 4.39 Å². The number of hydrogen-bond donors (Lipinski definition) is 0. The maximum absolute atomic E-state index is 13.8. The van der Waals surface area contributed by atoms with Gasteiger partial charge >= 0.3 is 0 Å². The minimum Gasteiger partial charge on any atom is -0.342 e. The summed E-state index contributed by atoms with van der Waals surface area (Å²) in [6.07, 6.45) is 9.48. The normalized spacial score (nSPS) is 21.6. The van der Waals surface area contributed by atoms with Crippen LogP contribution in [0, 0.1) is 17.2 Å². The van der Waals surface area contributed by atoms with Crippen molar-refractivity contribution in [3.63, 3.8) is 0 Å². The summed E-state index contributed by atoms with van der Waals surface area (Å²) >= 11 is 0. The highest BCUT2D eigenvalue weighted by molar-refractivity contribution is 5.85. The predicted molar refractivity (Wildman–Crippen MR) is 97.9 cm³/mol. The van der Waals surface area contributed by atoms with E-state index in [9.17, 15) is 9.18 Å². The van der Waals surface area contributed by atoms with Gasteiger partial charge in [0, 0.05) is 25.5 Å². The van der Waals surface area contributed by atoms with E-state index in [1.54, 1.807) is 12.3 Å². The number of benzene rings is 1. The molecule has 0 unspecified atom stereocenters. The summed E-state index contributed by atoms with van der Waals surface area (Å²) in [6, 6.07) is 8.92. The topological polar surface area (TPSA) is 38.1 Å². The van der Waals surface area contributed by atoms with E-state index in [0.717, 1.165) is 57.2 Å². The highest BCUT2D eigenvalue weighted by Crippen LogP contribution is 2.49. The van der Waals surface area contributed by atoms with Gasteiger partial charge in [-0.05, 0) is 62.1 Å². The maximum Gasteiger partial charge on any atom is 0.230 e. The summed E-state index contributed by atoms with van der Waals surface area (Å²) in [6.45, 7) is 2.36. The lowest BCUT2D eigenvalue weighted by atomic mass is 9.90. The third-order valence-corrected chi connectivity index (χ3v) is 5.92. The van der Waals surface area contributed by atoms with Crippen molar-refractivity contribution >= 4 is 5.91 Å². The maximum atomic E-state index is 13.8. The fourth-order valence-corrected chi connectivity index (χ4v) is 4.18. The lowest BCUT2D eigenvalue weighted by Crippen LogP contribution is -2.45. The molecule has 1 aliphatic carbocycles. The first-order valence-electron chi connectivity index (χ1n) is 9.66. The molecule has 1 aromatic carbocycles. The first-order chi connectivity index (χ1) is 12.7. The summed E-state index contributed by atoms with van der Waals surface area (Å²) in [5.74, 6) is 0.642. The van der Waals surface area contributed by atoms with Gasteiger partial charge in [0.15, 0.2) is 0 Å². The molecule has 0 N–H and O–H groups in total. The van der Waals surface area contributed by atoms with Gasteiger partial charge in [0.1, 0.15) is 5.82 Å². The Labute approximate surface area is 154 Å². The number of aromatic nitrogens is 2. The van der Waals surface area contributed by atoms with E-state index >= 15 is 0 Å². The molecule has 0 bridgehead atoms. The van der Waals surface area contributed by atoms with Crippen molar-refractivity contribution in [2.45, 2.75) is 45.1 Å². The van der Waals surface area contributed by atoms with Crippen LogP contribution in [0.2, 0.25) is 0 Å². The summed E-state index contributed by atoms with van der Waals surface area (Å²) < 4.78 is 15.7. The molecule has 5 heteroatoms. The zero-order chi connectivity index (χ0) is 18.0. The van der Waals surface area contributed by atoms with Gasteiger partial charge in [-0.15, -0.1) is 0 Å². The van der Waals surface area contributed by atoms with Crippen LogP contribution in [0.15, 0.2) is 42.7 Å². The van der Waals surface area contributed by atoms with E-state index in [0.29, 0.717) is 18.4 Å². The van der Waals surface area contributed by atoms with Crippen LogP contribution in [0.1, 0.15) is 37.7 Å². The molecule has 1 saturated carbocycles. The monoisotopic (exact) mass is 355 g/mol. The molecule has 1 saturated heterocycles.